The maximum Gasteiger partial charge on any atom is -0.000654 e. The van der Waals surface area contributed by atoms with Crippen LogP contribution in [0, 0.1) is 0 Å². The van der Waals surface area contributed by atoms with Gasteiger partial charge in [0.05, 0.1) is 0 Å². The van der Waals surface area contributed by atoms with Crippen LogP contribution in [0.15, 0.2) is 0 Å². The molecule has 0 unspecified atom stereocenters. The number of unbranched alkanes of at least 4 members (excludes halogenated alkanes) is 3. The number of rotatable bonds is 23. The number of hydrogen-bond acceptors (Lipinski definition) is 6. The fourth-order valence-corrected chi connectivity index (χ4v) is 7.79. The van der Waals surface area contributed by atoms with Gasteiger partial charge in [0.15, 0.2) is 0 Å². The summed E-state index contributed by atoms with van der Waals surface area (Å²) in [6.45, 7) is 24.0. The van der Waals surface area contributed by atoms with Gasteiger partial charge in [-0.05, 0) is 208 Å². The van der Waals surface area contributed by atoms with Gasteiger partial charge in [0.1, 0.15) is 0 Å². The van der Waals surface area contributed by atoms with E-state index in [1.165, 1.54) is 221 Å². The predicted octanol–water partition coefficient (Wildman–Crippen LogP) is 5.09. The molecular formula is C34H68N6. The van der Waals surface area contributed by atoms with E-state index in [-0.39, 0.29) is 0 Å². The third kappa shape index (κ3) is 13.8. The summed E-state index contributed by atoms with van der Waals surface area (Å²) < 4.78 is 0. The van der Waals surface area contributed by atoms with Crippen LogP contribution in [0.5, 0.6) is 0 Å². The molecule has 6 nitrogen and oxygen atoms in total. The molecule has 4 heterocycles. The van der Waals surface area contributed by atoms with Gasteiger partial charge in [0.2, 0.25) is 0 Å². The van der Waals surface area contributed by atoms with Crippen LogP contribution in [-0.4, -0.2) is 147 Å². The van der Waals surface area contributed by atoms with Gasteiger partial charge in [0, 0.05) is 0 Å². The van der Waals surface area contributed by atoms with Gasteiger partial charge in [-0.3, -0.25) is 0 Å². The van der Waals surface area contributed by atoms with Crippen LogP contribution in [-0.2, 0) is 0 Å². The summed E-state index contributed by atoms with van der Waals surface area (Å²) in [6, 6.07) is 0. The van der Waals surface area contributed by atoms with Crippen molar-refractivity contribution in [1.82, 2.24) is 29.4 Å². The molecule has 6 heteroatoms. The molecule has 234 valence electrons. The summed E-state index contributed by atoms with van der Waals surface area (Å²) in [6.07, 6.45) is 22.5. The lowest BCUT2D eigenvalue weighted by Gasteiger charge is -2.26. The van der Waals surface area contributed by atoms with Crippen molar-refractivity contribution >= 4 is 0 Å². The summed E-state index contributed by atoms with van der Waals surface area (Å²) in [5, 5.41) is 0. The quantitative estimate of drug-likeness (QED) is 0.161. The molecule has 0 bridgehead atoms. The molecule has 0 saturated carbocycles. The summed E-state index contributed by atoms with van der Waals surface area (Å²) in [5.41, 5.74) is 0. The molecule has 0 aromatic rings. The highest BCUT2D eigenvalue weighted by Crippen LogP contribution is 2.13. The van der Waals surface area contributed by atoms with Crippen LogP contribution < -0.4 is 0 Å². The van der Waals surface area contributed by atoms with Crippen molar-refractivity contribution in [3.05, 3.63) is 0 Å². The van der Waals surface area contributed by atoms with Crippen molar-refractivity contribution in [1.29, 1.82) is 0 Å². The molecule has 4 rings (SSSR count). The Morgan fingerprint density at radius 2 is 0.500 bits per heavy atom. The first-order chi connectivity index (χ1) is 19.8. The highest BCUT2D eigenvalue weighted by atomic mass is 15.2. The molecule has 0 N–H and O–H groups in total. The standard InChI is InChI=1S/C34H68N6/c1(3-17-39(31-13-27-35-19-5-6-20-35)32-14-28-36-21-7-8-22-36)2-4-18-40(33-15-29-37-23-9-10-24-37)34-16-30-38-25-11-12-26-38/h1-34H2. The second-order valence-electron chi connectivity index (χ2n) is 13.7. The van der Waals surface area contributed by atoms with Crippen molar-refractivity contribution in [2.75, 3.05) is 118 Å². The molecule has 0 spiro atoms. The highest BCUT2D eigenvalue weighted by molar-refractivity contribution is 4.72. The predicted molar refractivity (Wildman–Crippen MR) is 173 cm³/mol. The molecule has 40 heavy (non-hydrogen) atoms. The van der Waals surface area contributed by atoms with Crippen molar-refractivity contribution in [2.45, 2.75) is 103 Å². The summed E-state index contributed by atoms with van der Waals surface area (Å²) >= 11 is 0. The summed E-state index contributed by atoms with van der Waals surface area (Å²) in [5.74, 6) is 0. The Morgan fingerprint density at radius 1 is 0.275 bits per heavy atom. The Labute approximate surface area is 249 Å². The van der Waals surface area contributed by atoms with Gasteiger partial charge >= 0.3 is 0 Å². The van der Waals surface area contributed by atoms with Crippen molar-refractivity contribution in [2.24, 2.45) is 0 Å². The van der Waals surface area contributed by atoms with E-state index in [4.69, 9.17) is 0 Å². The molecule has 4 aliphatic rings. The number of hydrogen-bond donors (Lipinski definition) is 0. The lowest BCUT2D eigenvalue weighted by Crippen LogP contribution is -2.33. The second-order valence-corrected chi connectivity index (χ2v) is 13.7. The first kappa shape index (κ1) is 32.7. The third-order valence-corrected chi connectivity index (χ3v) is 10.3. The number of likely N-dealkylation sites (tertiary alicyclic amines) is 4. The lowest BCUT2D eigenvalue weighted by molar-refractivity contribution is 0.217. The molecule has 4 fully saturated rings. The lowest BCUT2D eigenvalue weighted by atomic mass is 10.1. The molecule has 0 aromatic carbocycles. The maximum absolute atomic E-state index is 2.83. The van der Waals surface area contributed by atoms with E-state index in [9.17, 15) is 0 Å². The highest BCUT2D eigenvalue weighted by Gasteiger charge is 2.16. The minimum Gasteiger partial charge on any atom is -0.303 e. The Bertz CT molecular complexity index is 497. The largest absolute Gasteiger partial charge is 0.303 e. The first-order valence-corrected chi connectivity index (χ1v) is 18.2. The Morgan fingerprint density at radius 3 is 0.750 bits per heavy atom. The minimum absolute atomic E-state index is 1.32. The fourth-order valence-electron chi connectivity index (χ4n) is 7.79. The molecule has 0 aliphatic carbocycles. The molecule has 0 atom stereocenters. The van der Waals surface area contributed by atoms with Crippen LogP contribution in [0.1, 0.15) is 103 Å². The van der Waals surface area contributed by atoms with Gasteiger partial charge in [-0.25, -0.2) is 0 Å². The van der Waals surface area contributed by atoms with Crippen LogP contribution >= 0.6 is 0 Å². The smallest absolute Gasteiger partial charge is 0.000654 e. The zero-order valence-corrected chi connectivity index (χ0v) is 26.7. The topological polar surface area (TPSA) is 19.4 Å². The third-order valence-electron chi connectivity index (χ3n) is 10.3. The Kier molecular flexibility index (Phi) is 16.8. The van der Waals surface area contributed by atoms with E-state index < -0.39 is 0 Å². The first-order valence-electron chi connectivity index (χ1n) is 18.2. The second kappa shape index (κ2) is 20.6. The van der Waals surface area contributed by atoms with Gasteiger partial charge in [-0.15, -0.1) is 0 Å². The van der Waals surface area contributed by atoms with E-state index in [1.54, 1.807) is 0 Å². The zero-order valence-electron chi connectivity index (χ0n) is 26.7. The maximum atomic E-state index is 2.83. The van der Waals surface area contributed by atoms with E-state index in [0.717, 1.165) is 0 Å². The van der Waals surface area contributed by atoms with Gasteiger partial charge in [-0.2, -0.15) is 0 Å². The minimum atomic E-state index is 1.32. The fraction of sp³-hybridized carbons (Fsp3) is 1.00. The SMILES string of the molecule is C(CCCN(CCCN1CCCC1)CCCN1CCCC1)CCN(CCCN1CCCC1)CCCN1CCCC1. The Balaban J connectivity index is 1.08. The van der Waals surface area contributed by atoms with Crippen LogP contribution in [0.2, 0.25) is 0 Å². The summed E-state index contributed by atoms with van der Waals surface area (Å²) in [7, 11) is 0. The van der Waals surface area contributed by atoms with E-state index in [2.05, 4.69) is 29.4 Å². The molecular weight excluding hydrogens is 492 g/mol. The molecule has 4 aliphatic heterocycles. The van der Waals surface area contributed by atoms with Crippen molar-refractivity contribution < 1.29 is 0 Å². The number of nitrogens with zero attached hydrogens (tertiary/aromatic N) is 6. The average Bonchev–Trinajstić information content (AvgIpc) is 3.79. The Hall–Kier alpha value is -0.240. The van der Waals surface area contributed by atoms with E-state index in [1.807, 2.05) is 0 Å². The molecule has 0 amide bonds. The average molecular weight is 561 g/mol. The van der Waals surface area contributed by atoms with E-state index in [0.29, 0.717) is 0 Å². The van der Waals surface area contributed by atoms with Crippen LogP contribution in [0.25, 0.3) is 0 Å². The van der Waals surface area contributed by atoms with Gasteiger partial charge < -0.3 is 29.4 Å². The zero-order chi connectivity index (χ0) is 27.5. The van der Waals surface area contributed by atoms with Crippen molar-refractivity contribution in [3.63, 3.8) is 0 Å². The van der Waals surface area contributed by atoms with Gasteiger partial charge in [0.25, 0.3) is 0 Å². The van der Waals surface area contributed by atoms with Crippen LogP contribution in [0.3, 0.4) is 0 Å². The monoisotopic (exact) mass is 561 g/mol. The van der Waals surface area contributed by atoms with Gasteiger partial charge in [-0.1, -0.05) is 12.8 Å². The normalized spacial score (nSPS) is 21.8. The summed E-state index contributed by atoms with van der Waals surface area (Å²) in [4.78, 5) is 16.5. The molecule has 0 radical (unpaired) electrons. The molecule has 4 saturated heterocycles. The van der Waals surface area contributed by atoms with E-state index >= 15 is 0 Å². The molecule has 0 aromatic heterocycles. The van der Waals surface area contributed by atoms with Crippen molar-refractivity contribution in [3.8, 4) is 0 Å². The van der Waals surface area contributed by atoms with Crippen LogP contribution in [0.4, 0.5) is 0 Å².